The lowest BCUT2D eigenvalue weighted by Crippen LogP contribution is -2.04. The van der Waals surface area contributed by atoms with Crippen molar-refractivity contribution in [2.45, 2.75) is 5.92 Å². The topological polar surface area (TPSA) is 26.0 Å². The molecule has 0 N–H and O–H groups in total. The van der Waals surface area contributed by atoms with E-state index in [0.29, 0.717) is 5.89 Å². The third-order valence-electron chi connectivity index (χ3n) is 9.80. The van der Waals surface area contributed by atoms with E-state index in [1.54, 1.807) is 0 Å². The summed E-state index contributed by atoms with van der Waals surface area (Å²) < 4.78 is 9.21. The summed E-state index contributed by atoms with van der Waals surface area (Å²) in [4.78, 5) is 4.91. The first-order valence-corrected chi connectivity index (χ1v) is 17.5. The van der Waals surface area contributed by atoms with Gasteiger partial charge in [0.2, 0.25) is 5.89 Å². The summed E-state index contributed by atoms with van der Waals surface area (Å²) in [5.74, 6) is 0.662. The van der Waals surface area contributed by atoms with Crippen LogP contribution in [-0.2, 0) is 0 Å². The second-order valence-electron chi connectivity index (χ2n) is 12.7. The van der Waals surface area contributed by atoms with E-state index in [2.05, 4.69) is 140 Å². The minimum Gasteiger partial charge on any atom is -0.435 e. The van der Waals surface area contributed by atoms with Gasteiger partial charge in [0.15, 0.2) is 5.58 Å². The number of aromatic nitrogens is 1. The zero-order chi connectivity index (χ0) is 32.3. The molecule has 0 aliphatic rings. The largest absolute Gasteiger partial charge is 0.435 e. The maximum atomic E-state index is 6.58. The molecule has 49 heavy (non-hydrogen) atoms. The fraction of sp³-hybridized carbons (Fsp3) is 0.0217. The molecule has 1 unspecified atom stereocenters. The molecule has 3 heteroatoms. The van der Waals surface area contributed by atoms with Crippen LogP contribution in [0.15, 0.2) is 174 Å². The van der Waals surface area contributed by atoms with Crippen LogP contribution >= 0.6 is 11.3 Å². The Kier molecular flexibility index (Phi) is 6.46. The first-order valence-electron chi connectivity index (χ1n) is 16.6. The van der Waals surface area contributed by atoms with Crippen LogP contribution in [0.4, 0.5) is 0 Å². The molecule has 0 aliphatic carbocycles. The number of benzene rings is 8. The predicted octanol–water partition coefficient (Wildman–Crippen LogP) is 13.0. The highest BCUT2D eigenvalue weighted by Crippen LogP contribution is 2.42. The molecule has 0 saturated heterocycles. The fourth-order valence-corrected chi connectivity index (χ4v) is 8.61. The average molecular weight is 644 g/mol. The van der Waals surface area contributed by atoms with Crippen LogP contribution < -0.4 is 0 Å². The van der Waals surface area contributed by atoms with E-state index in [-0.39, 0.29) is 5.92 Å². The highest BCUT2D eigenvalue weighted by atomic mass is 32.1. The van der Waals surface area contributed by atoms with Gasteiger partial charge in [0.05, 0.1) is 0 Å². The van der Waals surface area contributed by atoms with Gasteiger partial charge in [-0.3, -0.25) is 0 Å². The van der Waals surface area contributed by atoms with Gasteiger partial charge >= 0.3 is 0 Å². The number of thiophene rings is 1. The van der Waals surface area contributed by atoms with Crippen LogP contribution in [0.1, 0.15) is 22.6 Å². The lowest BCUT2D eigenvalue weighted by atomic mass is 9.82. The van der Waals surface area contributed by atoms with Gasteiger partial charge in [0, 0.05) is 37.0 Å². The van der Waals surface area contributed by atoms with Gasteiger partial charge in [0.1, 0.15) is 5.52 Å². The minimum atomic E-state index is 0.0201. The summed E-state index contributed by atoms with van der Waals surface area (Å²) >= 11 is 1.87. The molecule has 230 valence electrons. The van der Waals surface area contributed by atoms with Gasteiger partial charge in [-0.05, 0) is 80.4 Å². The fourth-order valence-electron chi connectivity index (χ4n) is 7.45. The molecule has 2 nitrogen and oxygen atoms in total. The molecule has 0 fully saturated rings. The molecular formula is C46H29NOS. The van der Waals surface area contributed by atoms with E-state index in [4.69, 9.17) is 9.40 Å². The van der Waals surface area contributed by atoms with Crippen molar-refractivity contribution in [3.63, 3.8) is 0 Å². The minimum absolute atomic E-state index is 0.0201. The van der Waals surface area contributed by atoms with Crippen molar-refractivity contribution >= 4 is 64.2 Å². The zero-order valence-corrected chi connectivity index (χ0v) is 27.3. The number of hydrogen-bond donors (Lipinski definition) is 0. The molecular weight excluding hydrogens is 615 g/mol. The second kappa shape index (κ2) is 11.3. The van der Waals surface area contributed by atoms with Crippen LogP contribution in [0.25, 0.3) is 75.4 Å². The van der Waals surface area contributed by atoms with Crippen LogP contribution in [0, 0.1) is 0 Å². The molecule has 10 aromatic rings. The van der Waals surface area contributed by atoms with E-state index in [1.165, 1.54) is 58.8 Å². The number of oxazole rings is 1. The highest BCUT2D eigenvalue weighted by Gasteiger charge is 2.21. The molecule has 2 aromatic heterocycles. The number of rotatable bonds is 5. The molecule has 1 atom stereocenters. The van der Waals surface area contributed by atoms with Gasteiger partial charge in [-0.1, -0.05) is 133 Å². The van der Waals surface area contributed by atoms with Crippen molar-refractivity contribution in [1.82, 2.24) is 4.98 Å². The molecule has 2 heterocycles. The molecule has 10 rings (SSSR count). The van der Waals surface area contributed by atoms with E-state index in [0.717, 1.165) is 27.4 Å². The van der Waals surface area contributed by atoms with Crippen LogP contribution in [-0.4, -0.2) is 4.98 Å². The van der Waals surface area contributed by atoms with Gasteiger partial charge in [-0.15, -0.1) is 11.3 Å². The van der Waals surface area contributed by atoms with E-state index < -0.39 is 0 Å². The van der Waals surface area contributed by atoms with Gasteiger partial charge in [0.25, 0.3) is 0 Å². The normalized spacial score (nSPS) is 12.4. The average Bonchev–Trinajstić information content (AvgIpc) is 3.77. The third-order valence-corrected chi connectivity index (χ3v) is 10.9. The first-order chi connectivity index (χ1) is 24.3. The lowest BCUT2D eigenvalue weighted by Gasteiger charge is -2.21. The monoisotopic (exact) mass is 643 g/mol. The van der Waals surface area contributed by atoms with E-state index >= 15 is 0 Å². The van der Waals surface area contributed by atoms with Crippen LogP contribution in [0.2, 0.25) is 0 Å². The molecule has 0 aliphatic heterocycles. The Bertz CT molecular complexity index is 2830. The Labute approximate surface area is 287 Å². The summed E-state index contributed by atoms with van der Waals surface area (Å²) in [6, 6.07) is 61.2. The Morgan fingerprint density at radius 1 is 0.449 bits per heavy atom. The summed E-state index contributed by atoms with van der Waals surface area (Å²) in [5, 5.41) is 7.22. The van der Waals surface area contributed by atoms with Crippen molar-refractivity contribution in [2.75, 3.05) is 0 Å². The maximum absolute atomic E-state index is 6.58. The zero-order valence-electron chi connectivity index (χ0n) is 26.5. The van der Waals surface area contributed by atoms with Gasteiger partial charge in [-0.2, -0.15) is 0 Å². The molecule has 0 saturated carbocycles. The lowest BCUT2D eigenvalue weighted by molar-refractivity contribution is 0.623. The summed E-state index contributed by atoms with van der Waals surface area (Å²) in [6.45, 7) is 0. The molecule has 0 bridgehead atoms. The van der Waals surface area contributed by atoms with Crippen molar-refractivity contribution in [3.05, 3.63) is 187 Å². The van der Waals surface area contributed by atoms with Crippen molar-refractivity contribution in [2.24, 2.45) is 0 Å². The number of hydrogen-bond acceptors (Lipinski definition) is 3. The first kappa shape index (κ1) is 28.0. The van der Waals surface area contributed by atoms with Crippen molar-refractivity contribution in [1.29, 1.82) is 0 Å². The van der Waals surface area contributed by atoms with Gasteiger partial charge in [-0.25, -0.2) is 4.98 Å². The Morgan fingerprint density at radius 3 is 1.98 bits per heavy atom. The summed E-state index contributed by atoms with van der Waals surface area (Å²) in [7, 11) is 0. The molecule has 0 spiro atoms. The van der Waals surface area contributed by atoms with Crippen molar-refractivity contribution in [3.8, 4) is 22.6 Å². The number of nitrogens with zero attached hydrogens (tertiary/aromatic N) is 1. The predicted molar refractivity (Wildman–Crippen MR) is 207 cm³/mol. The Morgan fingerprint density at radius 2 is 1.10 bits per heavy atom. The number of fused-ring (bicyclic) bond motifs is 8. The summed E-state index contributed by atoms with van der Waals surface area (Å²) in [6.07, 6.45) is 0. The SMILES string of the molecule is c1ccc(-c2cccc(C(c3ccc4c(c3)sc3ccccc34)c3ccc4ccc5ccc6nc(-c7ccccc7)oc6c5c4c3)c2)cc1. The second-order valence-corrected chi connectivity index (χ2v) is 13.8. The maximum Gasteiger partial charge on any atom is 0.227 e. The smallest absolute Gasteiger partial charge is 0.227 e. The van der Waals surface area contributed by atoms with Crippen molar-refractivity contribution < 1.29 is 4.42 Å². The van der Waals surface area contributed by atoms with Crippen LogP contribution in [0.5, 0.6) is 0 Å². The van der Waals surface area contributed by atoms with Gasteiger partial charge < -0.3 is 4.42 Å². The Balaban J connectivity index is 1.21. The molecule has 0 amide bonds. The third kappa shape index (κ3) is 4.74. The quantitative estimate of drug-likeness (QED) is 0.138. The van der Waals surface area contributed by atoms with E-state index in [1.807, 2.05) is 41.7 Å². The molecule has 0 radical (unpaired) electrons. The van der Waals surface area contributed by atoms with Crippen LogP contribution in [0.3, 0.4) is 0 Å². The summed E-state index contributed by atoms with van der Waals surface area (Å²) in [5.41, 5.74) is 8.88. The Hall–Kier alpha value is -6.03. The molecule has 8 aromatic carbocycles. The highest BCUT2D eigenvalue weighted by molar-refractivity contribution is 7.25. The van der Waals surface area contributed by atoms with E-state index in [9.17, 15) is 0 Å². The standard InChI is InChI=1S/C46H29NOS/c1-3-10-29(11-4-1)33-14-9-15-34(26-33)43(36-22-24-38-37-16-7-8-17-41(37)49-42(38)28-36)35-21-19-30-18-20-31-23-25-40-45(44(31)39(30)27-35)48-46(47-40)32-12-5-2-6-13-32/h1-28,43H.